The number of halogens is 1. The maximum atomic E-state index is 6.24. The van der Waals surface area contributed by atoms with Gasteiger partial charge in [0.2, 0.25) is 0 Å². The topological polar surface area (TPSA) is 56.2 Å². The molecule has 0 unspecified atom stereocenters. The predicted molar refractivity (Wildman–Crippen MR) is 85.4 cm³/mol. The van der Waals surface area contributed by atoms with Crippen molar-refractivity contribution in [2.24, 2.45) is 0 Å². The van der Waals surface area contributed by atoms with Crippen molar-refractivity contribution in [3.8, 4) is 11.3 Å². The molecule has 21 heavy (non-hydrogen) atoms. The van der Waals surface area contributed by atoms with Gasteiger partial charge in [0.1, 0.15) is 17.2 Å². The van der Waals surface area contributed by atoms with Crippen LogP contribution in [0.25, 0.3) is 27.7 Å². The van der Waals surface area contributed by atoms with Gasteiger partial charge in [0.05, 0.1) is 5.02 Å². The second-order valence-corrected chi connectivity index (χ2v) is 5.27. The molecule has 5 heteroatoms. The quantitative estimate of drug-likeness (QED) is 0.581. The Hall–Kier alpha value is -2.59. The van der Waals surface area contributed by atoms with Gasteiger partial charge in [-0.15, -0.1) is 0 Å². The fraction of sp³-hybridized carbons (Fsp3) is 0. The van der Waals surface area contributed by atoms with Gasteiger partial charge in [-0.05, 0) is 17.5 Å². The predicted octanol–water partition coefficient (Wildman–Crippen LogP) is 3.79. The summed E-state index contributed by atoms with van der Waals surface area (Å²) in [7, 11) is 0. The van der Waals surface area contributed by atoms with Crippen molar-refractivity contribution < 1.29 is 0 Å². The molecular weight excluding hydrogens is 284 g/mol. The van der Waals surface area contributed by atoms with Crippen molar-refractivity contribution in [1.82, 2.24) is 14.4 Å². The molecule has 4 aromatic rings. The van der Waals surface area contributed by atoms with Crippen molar-refractivity contribution in [3.63, 3.8) is 0 Å². The SMILES string of the molecule is Nc1c(-c2cncc3ccccc23)nc2ccc(Cl)cn12. The third-order valence-electron chi connectivity index (χ3n) is 3.54. The summed E-state index contributed by atoms with van der Waals surface area (Å²) in [5.41, 5.74) is 8.65. The Balaban J connectivity index is 2.07. The van der Waals surface area contributed by atoms with Gasteiger partial charge in [-0.1, -0.05) is 35.9 Å². The lowest BCUT2D eigenvalue weighted by molar-refractivity contribution is 1.20. The lowest BCUT2D eigenvalue weighted by atomic mass is 10.1. The van der Waals surface area contributed by atoms with Crippen LogP contribution in [0.4, 0.5) is 5.82 Å². The molecule has 0 atom stereocenters. The second kappa shape index (κ2) is 4.46. The van der Waals surface area contributed by atoms with Gasteiger partial charge >= 0.3 is 0 Å². The van der Waals surface area contributed by atoms with Crippen LogP contribution in [0.2, 0.25) is 5.02 Å². The summed E-state index contributed by atoms with van der Waals surface area (Å²) in [4.78, 5) is 8.90. The summed E-state index contributed by atoms with van der Waals surface area (Å²) >= 11 is 6.02. The molecule has 2 N–H and O–H groups in total. The summed E-state index contributed by atoms with van der Waals surface area (Å²) < 4.78 is 1.79. The number of imidazole rings is 1. The Morgan fingerprint density at radius 1 is 1.05 bits per heavy atom. The first-order valence-electron chi connectivity index (χ1n) is 6.50. The minimum absolute atomic E-state index is 0.561. The lowest BCUT2D eigenvalue weighted by Gasteiger charge is -2.04. The maximum absolute atomic E-state index is 6.24. The van der Waals surface area contributed by atoms with Crippen molar-refractivity contribution >= 4 is 33.8 Å². The molecule has 0 amide bonds. The van der Waals surface area contributed by atoms with E-state index in [1.54, 1.807) is 22.9 Å². The molecule has 0 saturated carbocycles. The van der Waals surface area contributed by atoms with Crippen molar-refractivity contribution in [2.75, 3.05) is 5.73 Å². The molecule has 0 saturated heterocycles. The van der Waals surface area contributed by atoms with Crippen LogP contribution in [0, 0.1) is 0 Å². The maximum Gasteiger partial charge on any atom is 0.139 e. The number of nitrogen functional groups attached to an aromatic ring is 1. The highest BCUT2D eigenvalue weighted by Crippen LogP contribution is 2.32. The molecule has 0 radical (unpaired) electrons. The van der Waals surface area contributed by atoms with E-state index in [0.29, 0.717) is 10.8 Å². The minimum Gasteiger partial charge on any atom is -0.383 e. The normalized spacial score (nSPS) is 11.3. The van der Waals surface area contributed by atoms with E-state index in [1.165, 1.54) is 0 Å². The van der Waals surface area contributed by atoms with E-state index in [-0.39, 0.29) is 0 Å². The Kier molecular flexibility index (Phi) is 2.59. The first kappa shape index (κ1) is 12.2. The third kappa shape index (κ3) is 1.84. The van der Waals surface area contributed by atoms with Gasteiger partial charge in [-0.25, -0.2) is 4.98 Å². The highest BCUT2D eigenvalue weighted by Gasteiger charge is 2.14. The molecule has 3 aromatic heterocycles. The third-order valence-corrected chi connectivity index (χ3v) is 3.77. The Labute approximate surface area is 125 Å². The number of hydrogen-bond acceptors (Lipinski definition) is 3. The summed E-state index contributed by atoms with van der Waals surface area (Å²) in [5, 5.41) is 2.76. The number of pyridine rings is 2. The fourth-order valence-electron chi connectivity index (χ4n) is 2.54. The molecule has 0 spiro atoms. The van der Waals surface area contributed by atoms with Gasteiger partial charge in [-0.2, -0.15) is 0 Å². The van der Waals surface area contributed by atoms with Crippen LogP contribution in [0.15, 0.2) is 55.0 Å². The second-order valence-electron chi connectivity index (χ2n) is 4.83. The van der Waals surface area contributed by atoms with E-state index in [2.05, 4.69) is 9.97 Å². The molecule has 0 bridgehead atoms. The van der Waals surface area contributed by atoms with Crippen molar-refractivity contribution in [2.45, 2.75) is 0 Å². The highest BCUT2D eigenvalue weighted by atomic mass is 35.5. The Morgan fingerprint density at radius 2 is 1.90 bits per heavy atom. The molecule has 0 aliphatic carbocycles. The zero-order valence-electron chi connectivity index (χ0n) is 11.0. The van der Waals surface area contributed by atoms with Gasteiger partial charge in [0.15, 0.2) is 0 Å². The molecule has 1 aromatic carbocycles. The van der Waals surface area contributed by atoms with Crippen molar-refractivity contribution in [3.05, 3.63) is 60.0 Å². The van der Waals surface area contributed by atoms with Crippen LogP contribution in [0.3, 0.4) is 0 Å². The van der Waals surface area contributed by atoms with Crippen LogP contribution in [-0.4, -0.2) is 14.4 Å². The van der Waals surface area contributed by atoms with Gasteiger partial charge in [0, 0.05) is 29.5 Å². The zero-order chi connectivity index (χ0) is 14.4. The molecule has 0 aliphatic heterocycles. The number of nitrogens with two attached hydrogens (primary N) is 1. The van der Waals surface area contributed by atoms with Gasteiger partial charge in [0.25, 0.3) is 0 Å². The van der Waals surface area contributed by atoms with Gasteiger partial charge < -0.3 is 5.73 Å². The number of fused-ring (bicyclic) bond motifs is 2. The minimum atomic E-state index is 0.561. The molecule has 102 valence electrons. The highest BCUT2D eigenvalue weighted by molar-refractivity contribution is 6.30. The molecule has 4 nitrogen and oxygen atoms in total. The van der Waals surface area contributed by atoms with Crippen LogP contribution >= 0.6 is 11.6 Å². The first-order valence-corrected chi connectivity index (χ1v) is 6.88. The molecule has 0 aliphatic rings. The number of hydrogen-bond donors (Lipinski definition) is 1. The Morgan fingerprint density at radius 3 is 2.81 bits per heavy atom. The summed E-state index contributed by atoms with van der Waals surface area (Å²) in [6, 6.07) is 11.7. The Bertz CT molecular complexity index is 969. The molecule has 3 heterocycles. The number of benzene rings is 1. The average Bonchev–Trinajstić information content (AvgIpc) is 2.83. The van der Waals surface area contributed by atoms with E-state index in [9.17, 15) is 0 Å². The average molecular weight is 295 g/mol. The van der Waals surface area contributed by atoms with E-state index >= 15 is 0 Å². The summed E-state index contributed by atoms with van der Waals surface area (Å²) in [6.07, 6.45) is 5.39. The smallest absolute Gasteiger partial charge is 0.139 e. The van der Waals surface area contributed by atoms with E-state index in [4.69, 9.17) is 17.3 Å². The van der Waals surface area contributed by atoms with E-state index in [1.807, 2.05) is 36.5 Å². The van der Waals surface area contributed by atoms with Crippen LogP contribution in [0.5, 0.6) is 0 Å². The standard InChI is InChI=1S/C16H11ClN4/c17-11-5-6-14-20-15(16(18)21(14)9-11)13-8-19-7-10-3-1-2-4-12(10)13/h1-9H,18H2. The monoisotopic (exact) mass is 294 g/mol. The summed E-state index contributed by atoms with van der Waals surface area (Å²) in [6.45, 7) is 0. The largest absolute Gasteiger partial charge is 0.383 e. The molecular formula is C16H11ClN4. The van der Waals surface area contributed by atoms with Crippen molar-refractivity contribution in [1.29, 1.82) is 0 Å². The lowest BCUT2D eigenvalue weighted by Crippen LogP contribution is -1.94. The van der Waals surface area contributed by atoms with E-state index in [0.717, 1.165) is 27.7 Å². The fourth-order valence-corrected chi connectivity index (χ4v) is 2.70. The van der Waals surface area contributed by atoms with E-state index < -0.39 is 0 Å². The number of anilines is 1. The number of aromatic nitrogens is 3. The van der Waals surface area contributed by atoms with Gasteiger partial charge in [-0.3, -0.25) is 9.38 Å². The number of rotatable bonds is 1. The molecule has 0 fully saturated rings. The molecule has 4 rings (SSSR count). The van der Waals surface area contributed by atoms with Crippen LogP contribution < -0.4 is 5.73 Å². The zero-order valence-corrected chi connectivity index (χ0v) is 11.7. The van der Waals surface area contributed by atoms with Crippen LogP contribution in [-0.2, 0) is 0 Å². The number of nitrogens with zero attached hydrogens (tertiary/aromatic N) is 3. The van der Waals surface area contributed by atoms with Crippen LogP contribution in [0.1, 0.15) is 0 Å². The first-order chi connectivity index (χ1) is 10.2. The summed E-state index contributed by atoms with van der Waals surface area (Å²) in [5.74, 6) is 0.561.